The molecule has 1 radical (unpaired) electrons. The predicted octanol–water partition coefficient (Wildman–Crippen LogP) is -3.93. The van der Waals surface area contributed by atoms with E-state index in [-0.39, 0.29) is 17.1 Å². The van der Waals surface area contributed by atoms with Crippen LogP contribution in [-0.2, 0) is 57.5 Å². The molecule has 0 rings (SSSR count). The van der Waals surface area contributed by atoms with Crippen molar-refractivity contribution in [3.8, 4) is 0 Å². The fraction of sp³-hybridized carbons (Fsp3) is 1.00. The topological polar surface area (TPSA) is 229 Å². The van der Waals surface area contributed by atoms with Crippen molar-refractivity contribution < 1.29 is 69.0 Å². The Hall–Kier alpha value is 0.159. The molecule has 0 bridgehead atoms. The van der Waals surface area contributed by atoms with Gasteiger partial charge in [0.15, 0.2) is 0 Å². The summed E-state index contributed by atoms with van der Waals surface area (Å²) in [5.41, 5.74) is 0. The van der Waals surface area contributed by atoms with Gasteiger partial charge in [-0.25, -0.2) is 33.7 Å². The third-order valence-electron chi connectivity index (χ3n) is 0.577. The van der Waals surface area contributed by atoms with Crippen molar-refractivity contribution in [3.63, 3.8) is 0 Å². The van der Waals surface area contributed by atoms with Crippen LogP contribution in [0.25, 0.3) is 0 Å². The van der Waals surface area contributed by atoms with E-state index in [2.05, 4.69) is 0 Å². The molecule has 19 heavy (non-hydrogen) atoms. The zero-order valence-electron chi connectivity index (χ0n) is 8.32. The van der Waals surface area contributed by atoms with Crippen molar-refractivity contribution in [2.24, 2.45) is 0 Å². The third kappa shape index (κ3) is 32.1. The molecule has 0 saturated heterocycles. The van der Waals surface area contributed by atoms with E-state index < -0.39 is 50.6 Å². The molecule has 0 aliphatic carbocycles. The van der Waals surface area contributed by atoms with Crippen LogP contribution in [0.3, 0.4) is 0 Å². The summed E-state index contributed by atoms with van der Waals surface area (Å²) in [6, 6.07) is 0. The summed E-state index contributed by atoms with van der Waals surface area (Å²) in [6.07, 6.45) is 0. The normalized spacial score (nSPS) is 12.8. The Labute approximate surface area is 119 Å². The van der Waals surface area contributed by atoms with Crippen LogP contribution in [0.2, 0.25) is 0 Å². The van der Waals surface area contributed by atoms with Crippen LogP contribution in [-0.4, -0.2) is 62.1 Å². The molecule has 0 amide bonds. The molecule has 0 aromatic rings. The Balaban J connectivity index is -0.000000256. The molecule has 0 aliphatic heterocycles. The molecule has 0 unspecified atom stereocenters. The van der Waals surface area contributed by atoms with Gasteiger partial charge in [-0.2, -0.15) is 0 Å². The van der Waals surface area contributed by atoms with Gasteiger partial charge in [0.05, 0.1) is 0 Å². The first kappa shape index (κ1) is 24.2. The van der Waals surface area contributed by atoms with Crippen molar-refractivity contribution in [3.05, 3.63) is 0 Å². The number of hydrogen-bond donors (Lipinski definition) is 0. The van der Waals surface area contributed by atoms with Crippen molar-refractivity contribution >= 4 is 40.5 Å². The summed E-state index contributed by atoms with van der Waals surface area (Å²) < 4.78 is 114. The van der Waals surface area contributed by atoms with E-state index in [4.69, 9.17) is 0 Å². The molecule has 0 aromatic carbocycles. The maximum absolute atomic E-state index is 9.51. The van der Waals surface area contributed by atoms with Gasteiger partial charge in [0.25, 0.3) is 0 Å². The van der Waals surface area contributed by atoms with Gasteiger partial charge < -0.3 is 18.2 Å². The van der Waals surface area contributed by atoms with Crippen molar-refractivity contribution in [2.75, 3.05) is 10.2 Å². The fourth-order valence-corrected chi connectivity index (χ4v) is 3.18. The second-order valence-corrected chi connectivity index (χ2v) is 8.81. The summed E-state index contributed by atoms with van der Waals surface area (Å²) in [6.45, 7) is 0. The second kappa shape index (κ2) is 7.81. The van der Waals surface area contributed by atoms with Gasteiger partial charge in [-0.1, -0.05) is 0 Å². The molecule has 0 spiro atoms. The average Bonchev–Trinajstić information content (AvgIpc) is 1.64. The molecule has 0 fully saturated rings. The minimum atomic E-state index is -4.93. The van der Waals surface area contributed by atoms with Gasteiger partial charge in [0, 0.05) is 17.1 Å². The summed E-state index contributed by atoms with van der Waals surface area (Å²) >= 11 is 0. The van der Waals surface area contributed by atoms with Crippen LogP contribution >= 0.6 is 0 Å². The Morgan fingerprint density at radius 1 is 0.474 bits per heavy atom. The van der Waals surface area contributed by atoms with Gasteiger partial charge in [-0.3, -0.25) is 0 Å². The quantitative estimate of drug-likeness (QED) is 0.323. The summed E-state index contributed by atoms with van der Waals surface area (Å²) in [4.78, 5) is 0. The van der Waals surface area contributed by atoms with E-state index in [0.29, 0.717) is 0 Å². The van der Waals surface area contributed by atoms with Crippen molar-refractivity contribution in [1.82, 2.24) is 0 Å². The van der Waals surface area contributed by atoms with E-state index in [1.807, 2.05) is 0 Å². The molecular weight excluding hydrogens is 399 g/mol. The SMILES string of the molecule is O=S(=O)([O-])CS(=O)(=O)[O-].O=S(=O)([O-])CS(=O)(=O)[O-].[Mn]. The smallest absolute Gasteiger partial charge is 0.128 e. The van der Waals surface area contributed by atoms with Crippen LogP contribution in [0.5, 0.6) is 0 Å². The van der Waals surface area contributed by atoms with E-state index in [1.54, 1.807) is 0 Å². The molecule has 0 aliphatic rings. The first-order chi connectivity index (χ1) is 7.41. The minimum Gasteiger partial charge on any atom is -0.747 e. The Bertz CT molecular complexity index is 540. The molecule has 17 heteroatoms. The third-order valence-corrected chi connectivity index (χ3v) is 5.20. The molecule has 119 valence electrons. The standard InChI is InChI=1S/2CH4O6S2.Mn/c2*2-8(3,4)1-9(5,6)7;/h2*1H2,(H,2,3,4)(H,5,6,7);/p-4. The first-order valence-corrected chi connectivity index (χ1v) is 9.46. The Morgan fingerprint density at radius 2 is 0.579 bits per heavy atom. The minimum absolute atomic E-state index is 0. The molecule has 0 aromatic heterocycles. The van der Waals surface area contributed by atoms with Gasteiger partial charge >= 0.3 is 0 Å². The zero-order chi connectivity index (χ0) is 15.4. The first-order valence-electron chi connectivity index (χ1n) is 3.15. The van der Waals surface area contributed by atoms with Crippen LogP contribution in [0, 0.1) is 0 Å². The summed E-state index contributed by atoms with van der Waals surface area (Å²) in [5, 5.41) is -3.75. The van der Waals surface area contributed by atoms with Crippen LogP contribution in [0.15, 0.2) is 0 Å². The molecule has 0 atom stereocenters. The van der Waals surface area contributed by atoms with E-state index in [0.717, 1.165) is 0 Å². The van der Waals surface area contributed by atoms with E-state index in [1.165, 1.54) is 0 Å². The zero-order valence-corrected chi connectivity index (χ0v) is 12.8. The molecule has 12 nitrogen and oxygen atoms in total. The molecular formula is C2H4MnO12S4-4. The predicted molar refractivity (Wildman–Crippen MR) is 48.5 cm³/mol. The average molecular weight is 403 g/mol. The summed E-state index contributed by atoms with van der Waals surface area (Å²) in [5.74, 6) is 0. The Morgan fingerprint density at radius 3 is 0.579 bits per heavy atom. The van der Waals surface area contributed by atoms with Gasteiger partial charge in [-0.15, -0.1) is 0 Å². The Kier molecular flexibility index (Phi) is 9.95. The van der Waals surface area contributed by atoms with Crippen LogP contribution in [0.1, 0.15) is 0 Å². The van der Waals surface area contributed by atoms with Gasteiger partial charge in [0.1, 0.15) is 50.6 Å². The monoisotopic (exact) mass is 403 g/mol. The molecule has 0 heterocycles. The fourth-order valence-electron chi connectivity index (χ4n) is 0.354. The van der Waals surface area contributed by atoms with Crippen molar-refractivity contribution in [2.45, 2.75) is 0 Å². The van der Waals surface area contributed by atoms with Crippen LogP contribution < -0.4 is 0 Å². The van der Waals surface area contributed by atoms with E-state index >= 15 is 0 Å². The number of rotatable bonds is 4. The largest absolute Gasteiger partial charge is 0.747 e. The maximum atomic E-state index is 9.51. The number of hydrogen-bond acceptors (Lipinski definition) is 12. The second-order valence-electron chi connectivity index (χ2n) is 2.47. The molecule has 0 N–H and O–H groups in total. The molecule has 0 saturated carbocycles. The van der Waals surface area contributed by atoms with Crippen LogP contribution in [0.4, 0.5) is 0 Å². The van der Waals surface area contributed by atoms with Crippen molar-refractivity contribution in [1.29, 1.82) is 0 Å². The van der Waals surface area contributed by atoms with E-state index in [9.17, 15) is 51.9 Å². The van der Waals surface area contributed by atoms with Gasteiger partial charge in [0.2, 0.25) is 0 Å². The van der Waals surface area contributed by atoms with Gasteiger partial charge in [-0.05, 0) is 0 Å². The maximum Gasteiger partial charge on any atom is 0.128 e. The summed E-state index contributed by atoms with van der Waals surface area (Å²) in [7, 11) is -19.7.